The molecule has 2 rings (SSSR count). The first-order valence-corrected chi connectivity index (χ1v) is 8.02. The monoisotopic (exact) mass is 326 g/mol. The maximum atomic E-state index is 3.51. The van der Waals surface area contributed by atoms with E-state index in [-0.39, 0.29) is 0 Å². The topological polar surface area (TPSA) is 17.0 Å². The Kier molecular flexibility index (Phi) is 5.03. The fourth-order valence-electron chi connectivity index (χ4n) is 2.12. The van der Waals surface area contributed by atoms with Crippen molar-refractivity contribution in [1.29, 1.82) is 0 Å². The number of halogens is 1. The molecule has 98 valence electrons. The van der Waals surface area contributed by atoms with Crippen LogP contribution in [0.2, 0.25) is 0 Å². The second kappa shape index (κ2) is 6.55. The quantitative estimate of drug-likeness (QED) is 0.831. The molecule has 0 fully saturated rings. The first kappa shape index (κ1) is 13.8. The first-order chi connectivity index (χ1) is 8.72. The number of nitrogens with zero attached hydrogens (tertiary/aromatic N) is 1. The Hall–Kier alpha value is -0.580. The van der Waals surface area contributed by atoms with Gasteiger partial charge in [0, 0.05) is 33.2 Å². The number of hydrogen-bond donors (Lipinski definition) is 1. The van der Waals surface area contributed by atoms with Crippen LogP contribution >= 0.6 is 27.3 Å². The van der Waals surface area contributed by atoms with Gasteiger partial charge in [-0.15, -0.1) is 11.3 Å². The third-order valence-electron chi connectivity index (χ3n) is 2.99. The van der Waals surface area contributed by atoms with Crippen molar-refractivity contribution < 1.29 is 0 Å². The second-order valence-corrected chi connectivity index (χ2v) is 6.28. The van der Waals surface area contributed by atoms with Crippen LogP contribution in [0.15, 0.2) is 34.4 Å². The van der Waals surface area contributed by atoms with Crippen LogP contribution in [-0.2, 0) is 6.54 Å². The Labute approximate surface area is 121 Å². The predicted molar refractivity (Wildman–Crippen MR) is 82.3 cm³/mol. The molecule has 1 unspecified atom stereocenters. The molecule has 0 aliphatic rings. The van der Waals surface area contributed by atoms with Gasteiger partial charge < -0.3 is 9.88 Å². The van der Waals surface area contributed by atoms with Crippen LogP contribution in [0, 0.1) is 0 Å². The molecular weight excluding hydrogens is 308 g/mol. The summed E-state index contributed by atoms with van der Waals surface area (Å²) in [7, 11) is 0. The number of aromatic nitrogens is 1. The Morgan fingerprint density at radius 2 is 2.28 bits per heavy atom. The van der Waals surface area contributed by atoms with Gasteiger partial charge in [0.05, 0.1) is 6.54 Å². The lowest BCUT2D eigenvalue weighted by atomic mass is 10.1. The highest BCUT2D eigenvalue weighted by molar-refractivity contribution is 9.10. The van der Waals surface area contributed by atoms with Crippen molar-refractivity contribution in [3.8, 4) is 0 Å². The van der Waals surface area contributed by atoms with Crippen LogP contribution in [0.5, 0.6) is 0 Å². The molecule has 2 aromatic rings. The lowest BCUT2D eigenvalue weighted by Crippen LogP contribution is -2.19. The summed E-state index contributed by atoms with van der Waals surface area (Å²) >= 11 is 5.29. The molecule has 0 bridgehead atoms. The molecule has 4 heteroatoms. The lowest BCUT2D eigenvalue weighted by molar-refractivity contribution is 0.536. The van der Waals surface area contributed by atoms with Gasteiger partial charge in [-0.2, -0.15) is 0 Å². The van der Waals surface area contributed by atoms with Crippen LogP contribution in [0.3, 0.4) is 0 Å². The van der Waals surface area contributed by atoms with Crippen molar-refractivity contribution in [2.24, 2.45) is 0 Å². The summed E-state index contributed by atoms with van der Waals surface area (Å²) in [6.07, 6.45) is 5.55. The molecule has 0 amide bonds. The van der Waals surface area contributed by atoms with Gasteiger partial charge >= 0.3 is 0 Å². The van der Waals surface area contributed by atoms with Crippen LogP contribution in [-0.4, -0.2) is 11.1 Å². The zero-order valence-electron chi connectivity index (χ0n) is 10.8. The summed E-state index contributed by atoms with van der Waals surface area (Å²) in [6, 6.07) is 4.89. The summed E-state index contributed by atoms with van der Waals surface area (Å²) in [5.74, 6) is 0. The van der Waals surface area contributed by atoms with E-state index in [9.17, 15) is 0 Å². The molecule has 0 spiro atoms. The van der Waals surface area contributed by atoms with Crippen LogP contribution in [0.25, 0.3) is 0 Å². The Bertz CT molecular complexity index is 489. The molecular formula is C14H19BrN2S. The van der Waals surface area contributed by atoms with Crippen molar-refractivity contribution in [1.82, 2.24) is 9.88 Å². The minimum atomic E-state index is 0.478. The molecule has 0 aliphatic carbocycles. The summed E-state index contributed by atoms with van der Waals surface area (Å²) in [5.41, 5.74) is 1.38. The average molecular weight is 327 g/mol. The minimum absolute atomic E-state index is 0.478. The average Bonchev–Trinajstić information content (AvgIpc) is 2.96. The van der Waals surface area contributed by atoms with Gasteiger partial charge in [0.1, 0.15) is 0 Å². The molecule has 2 aromatic heterocycles. The SMILES string of the molecule is CCNC(CC)c1ccn(Cc2cc(Br)cs2)c1. The fraction of sp³-hybridized carbons (Fsp3) is 0.429. The number of thiophene rings is 1. The summed E-state index contributed by atoms with van der Waals surface area (Å²) in [6.45, 7) is 6.35. The van der Waals surface area contributed by atoms with Gasteiger partial charge in [0.15, 0.2) is 0 Å². The largest absolute Gasteiger partial charge is 0.349 e. The lowest BCUT2D eigenvalue weighted by Gasteiger charge is -2.13. The highest BCUT2D eigenvalue weighted by Crippen LogP contribution is 2.22. The molecule has 0 saturated heterocycles. The smallest absolute Gasteiger partial charge is 0.0564 e. The van der Waals surface area contributed by atoms with E-state index in [1.165, 1.54) is 14.9 Å². The van der Waals surface area contributed by atoms with E-state index in [0.717, 1.165) is 19.5 Å². The Morgan fingerprint density at radius 1 is 1.44 bits per heavy atom. The molecule has 0 aliphatic heterocycles. The highest BCUT2D eigenvalue weighted by atomic mass is 79.9. The zero-order chi connectivity index (χ0) is 13.0. The standard InChI is InChI=1S/C14H19BrN2S/c1-3-14(16-4-2)11-5-6-17(8-11)9-13-7-12(15)10-18-13/h5-8,10,14,16H,3-4,9H2,1-2H3. The van der Waals surface area contributed by atoms with Crippen molar-refractivity contribution in [2.75, 3.05) is 6.54 Å². The molecule has 18 heavy (non-hydrogen) atoms. The summed E-state index contributed by atoms with van der Waals surface area (Å²) < 4.78 is 3.43. The van der Waals surface area contributed by atoms with E-state index in [0.29, 0.717) is 6.04 Å². The number of rotatable bonds is 6. The van der Waals surface area contributed by atoms with E-state index in [1.54, 1.807) is 11.3 Å². The molecule has 2 nitrogen and oxygen atoms in total. The van der Waals surface area contributed by atoms with Crippen molar-refractivity contribution in [2.45, 2.75) is 32.9 Å². The third kappa shape index (κ3) is 3.46. The van der Waals surface area contributed by atoms with E-state index >= 15 is 0 Å². The maximum absolute atomic E-state index is 3.51. The highest BCUT2D eigenvalue weighted by Gasteiger charge is 2.09. The Balaban J connectivity index is 2.05. The van der Waals surface area contributed by atoms with Gasteiger partial charge in [-0.1, -0.05) is 13.8 Å². The normalized spacial score (nSPS) is 12.8. The second-order valence-electron chi connectivity index (χ2n) is 4.37. The van der Waals surface area contributed by atoms with E-state index < -0.39 is 0 Å². The van der Waals surface area contributed by atoms with Crippen LogP contribution in [0.4, 0.5) is 0 Å². The fourth-order valence-corrected chi connectivity index (χ4v) is 3.58. The first-order valence-electron chi connectivity index (χ1n) is 6.35. The van der Waals surface area contributed by atoms with Crippen LogP contribution < -0.4 is 5.32 Å². The van der Waals surface area contributed by atoms with Crippen molar-refractivity contribution >= 4 is 27.3 Å². The molecule has 0 saturated carbocycles. The molecule has 1 atom stereocenters. The Morgan fingerprint density at radius 3 is 2.89 bits per heavy atom. The van der Waals surface area contributed by atoms with Gasteiger partial charge in [0.25, 0.3) is 0 Å². The molecule has 0 radical (unpaired) electrons. The number of hydrogen-bond acceptors (Lipinski definition) is 2. The minimum Gasteiger partial charge on any atom is -0.349 e. The molecule has 2 heterocycles. The van der Waals surface area contributed by atoms with E-state index in [4.69, 9.17) is 0 Å². The molecule has 1 N–H and O–H groups in total. The van der Waals surface area contributed by atoms with Gasteiger partial charge in [-0.3, -0.25) is 0 Å². The van der Waals surface area contributed by atoms with Gasteiger partial charge in [-0.25, -0.2) is 0 Å². The maximum Gasteiger partial charge on any atom is 0.0564 e. The van der Waals surface area contributed by atoms with Crippen molar-refractivity contribution in [3.05, 3.63) is 44.8 Å². The van der Waals surface area contributed by atoms with E-state index in [2.05, 4.69) is 69.6 Å². The third-order valence-corrected chi connectivity index (χ3v) is 4.68. The predicted octanol–water partition coefficient (Wildman–Crippen LogP) is 4.42. The molecule has 0 aromatic carbocycles. The zero-order valence-corrected chi connectivity index (χ0v) is 13.2. The summed E-state index contributed by atoms with van der Waals surface area (Å²) in [4.78, 5) is 1.38. The van der Waals surface area contributed by atoms with Gasteiger partial charge in [-0.05, 0) is 46.6 Å². The summed E-state index contributed by atoms with van der Waals surface area (Å²) in [5, 5.41) is 5.64. The van der Waals surface area contributed by atoms with Crippen molar-refractivity contribution in [3.63, 3.8) is 0 Å². The van der Waals surface area contributed by atoms with Crippen LogP contribution in [0.1, 0.15) is 36.8 Å². The number of nitrogens with one attached hydrogen (secondary N) is 1. The van der Waals surface area contributed by atoms with Gasteiger partial charge in [0.2, 0.25) is 0 Å². The van der Waals surface area contributed by atoms with E-state index in [1.807, 2.05) is 0 Å².